The van der Waals surface area contributed by atoms with E-state index in [4.69, 9.17) is 5.26 Å². The summed E-state index contributed by atoms with van der Waals surface area (Å²) < 4.78 is 2.12. The van der Waals surface area contributed by atoms with Crippen LogP contribution in [-0.2, 0) is 6.42 Å². The first-order valence-electron chi connectivity index (χ1n) is 5.78. The Morgan fingerprint density at radius 3 is 2.78 bits per heavy atom. The number of rotatable bonds is 2. The third-order valence-electron chi connectivity index (χ3n) is 2.93. The van der Waals surface area contributed by atoms with Gasteiger partial charge in [0.15, 0.2) is 0 Å². The molecule has 18 heavy (non-hydrogen) atoms. The van der Waals surface area contributed by atoms with Crippen LogP contribution in [0.4, 0.5) is 0 Å². The highest BCUT2D eigenvalue weighted by Crippen LogP contribution is 2.26. The van der Waals surface area contributed by atoms with Crippen molar-refractivity contribution in [2.24, 2.45) is 0 Å². The SMILES string of the molecule is CCc1nc(-c2ccc(C#N)cc2)n2ccsc12. The van der Waals surface area contributed by atoms with E-state index < -0.39 is 0 Å². The average molecular weight is 253 g/mol. The van der Waals surface area contributed by atoms with Gasteiger partial charge in [-0.1, -0.05) is 6.92 Å². The lowest BCUT2D eigenvalue weighted by molar-refractivity contribution is 1.08. The second-order valence-electron chi connectivity index (χ2n) is 4.00. The van der Waals surface area contributed by atoms with Gasteiger partial charge in [0.05, 0.1) is 17.3 Å². The van der Waals surface area contributed by atoms with Crippen LogP contribution < -0.4 is 0 Å². The summed E-state index contributed by atoms with van der Waals surface area (Å²) in [7, 11) is 0. The molecule has 0 saturated carbocycles. The van der Waals surface area contributed by atoms with Crippen LogP contribution in [0.5, 0.6) is 0 Å². The van der Waals surface area contributed by atoms with Gasteiger partial charge in [-0.3, -0.25) is 4.40 Å². The number of benzene rings is 1. The van der Waals surface area contributed by atoms with Crippen LogP contribution in [0.3, 0.4) is 0 Å². The van der Waals surface area contributed by atoms with E-state index in [0.29, 0.717) is 5.56 Å². The van der Waals surface area contributed by atoms with Crippen LogP contribution in [0.1, 0.15) is 18.2 Å². The van der Waals surface area contributed by atoms with Gasteiger partial charge in [-0.25, -0.2) is 4.98 Å². The zero-order chi connectivity index (χ0) is 12.5. The van der Waals surface area contributed by atoms with E-state index in [1.807, 2.05) is 30.5 Å². The Labute approximate surface area is 109 Å². The molecular formula is C14H11N3S. The fourth-order valence-electron chi connectivity index (χ4n) is 2.01. The Hall–Kier alpha value is -2.12. The van der Waals surface area contributed by atoms with Gasteiger partial charge in [-0.15, -0.1) is 11.3 Å². The monoisotopic (exact) mass is 253 g/mol. The largest absolute Gasteiger partial charge is 0.290 e. The lowest BCUT2D eigenvalue weighted by atomic mass is 10.1. The molecule has 0 saturated heterocycles. The van der Waals surface area contributed by atoms with Crippen molar-refractivity contribution in [1.82, 2.24) is 9.38 Å². The zero-order valence-electron chi connectivity index (χ0n) is 9.92. The Morgan fingerprint density at radius 1 is 1.33 bits per heavy atom. The second-order valence-corrected chi connectivity index (χ2v) is 4.90. The minimum atomic E-state index is 0.674. The maximum Gasteiger partial charge on any atom is 0.145 e. The summed E-state index contributed by atoms with van der Waals surface area (Å²) in [6.07, 6.45) is 2.97. The van der Waals surface area contributed by atoms with Crippen molar-refractivity contribution in [3.8, 4) is 17.5 Å². The summed E-state index contributed by atoms with van der Waals surface area (Å²) in [5, 5.41) is 10.9. The normalized spacial score (nSPS) is 10.7. The summed E-state index contributed by atoms with van der Waals surface area (Å²) in [5.41, 5.74) is 2.85. The van der Waals surface area contributed by atoms with Crippen molar-refractivity contribution >= 4 is 16.2 Å². The van der Waals surface area contributed by atoms with E-state index in [1.165, 1.54) is 4.83 Å². The molecule has 2 aromatic heterocycles. The molecule has 0 unspecified atom stereocenters. The molecule has 3 nitrogen and oxygen atoms in total. The van der Waals surface area contributed by atoms with Crippen LogP contribution in [0.2, 0.25) is 0 Å². The van der Waals surface area contributed by atoms with E-state index in [0.717, 1.165) is 23.5 Å². The Balaban J connectivity index is 2.18. The number of thiazole rings is 1. The van der Waals surface area contributed by atoms with Gasteiger partial charge < -0.3 is 0 Å². The number of aromatic nitrogens is 2. The minimum absolute atomic E-state index is 0.674. The first kappa shape index (κ1) is 11.0. The van der Waals surface area contributed by atoms with Gasteiger partial charge in [0.2, 0.25) is 0 Å². The highest BCUT2D eigenvalue weighted by atomic mass is 32.1. The van der Waals surface area contributed by atoms with Gasteiger partial charge in [0.25, 0.3) is 0 Å². The van der Waals surface area contributed by atoms with Crippen molar-refractivity contribution in [2.75, 3.05) is 0 Å². The molecule has 0 fully saturated rings. The quantitative estimate of drug-likeness (QED) is 0.701. The second kappa shape index (κ2) is 4.28. The molecule has 0 aliphatic rings. The first-order valence-corrected chi connectivity index (χ1v) is 6.66. The van der Waals surface area contributed by atoms with Crippen molar-refractivity contribution in [1.29, 1.82) is 5.26 Å². The van der Waals surface area contributed by atoms with Crippen LogP contribution in [-0.4, -0.2) is 9.38 Å². The third kappa shape index (κ3) is 1.60. The topological polar surface area (TPSA) is 41.1 Å². The molecule has 0 radical (unpaired) electrons. The molecule has 2 heterocycles. The number of nitriles is 1. The summed E-state index contributed by atoms with van der Waals surface area (Å²) in [6.45, 7) is 2.12. The molecule has 4 heteroatoms. The maximum atomic E-state index is 8.81. The Kier molecular flexibility index (Phi) is 2.62. The van der Waals surface area contributed by atoms with E-state index in [-0.39, 0.29) is 0 Å². The minimum Gasteiger partial charge on any atom is -0.290 e. The van der Waals surface area contributed by atoms with Crippen molar-refractivity contribution < 1.29 is 0 Å². The molecule has 88 valence electrons. The maximum absolute atomic E-state index is 8.81. The highest BCUT2D eigenvalue weighted by Gasteiger charge is 2.12. The van der Waals surface area contributed by atoms with Crippen LogP contribution >= 0.6 is 11.3 Å². The standard InChI is InChI=1S/C14H11N3S/c1-2-12-14-17(7-8-18-14)13(16-12)11-5-3-10(9-15)4-6-11/h3-8H,2H2,1H3. The zero-order valence-corrected chi connectivity index (χ0v) is 10.7. The molecule has 0 N–H and O–H groups in total. The molecule has 0 bridgehead atoms. The fraction of sp³-hybridized carbons (Fsp3) is 0.143. The molecule has 3 rings (SSSR count). The first-order chi connectivity index (χ1) is 8.83. The Morgan fingerprint density at radius 2 is 2.11 bits per heavy atom. The average Bonchev–Trinajstić information content (AvgIpc) is 3.00. The molecule has 1 aromatic carbocycles. The molecule has 0 aliphatic heterocycles. The number of fused-ring (bicyclic) bond motifs is 1. The van der Waals surface area contributed by atoms with Gasteiger partial charge in [0, 0.05) is 17.1 Å². The van der Waals surface area contributed by atoms with Crippen molar-refractivity contribution in [2.45, 2.75) is 13.3 Å². The van der Waals surface area contributed by atoms with Crippen molar-refractivity contribution in [3.63, 3.8) is 0 Å². The number of hydrogen-bond donors (Lipinski definition) is 0. The molecule has 0 spiro atoms. The van der Waals surface area contributed by atoms with Gasteiger partial charge in [-0.05, 0) is 30.7 Å². The third-order valence-corrected chi connectivity index (χ3v) is 3.84. The molecule has 0 amide bonds. The van der Waals surface area contributed by atoms with E-state index in [1.54, 1.807) is 11.3 Å². The summed E-state index contributed by atoms with van der Waals surface area (Å²) in [5.74, 6) is 0.951. The van der Waals surface area contributed by atoms with Gasteiger partial charge in [0.1, 0.15) is 10.7 Å². The molecule has 0 atom stereocenters. The lowest BCUT2D eigenvalue weighted by Gasteiger charge is -1.98. The fourth-order valence-corrected chi connectivity index (χ4v) is 2.91. The Bertz CT molecular complexity index is 729. The number of aryl methyl sites for hydroxylation is 1. The number of imidazole rings is 1. The molecule has 0 aliphatic carbocycles. The highest BCUT2D eigenvalue weighted by molar-refractivity contribution is 7.15. The van der Waals surface area contributed by atoms with E-state index in [2.05, 4.69) is 27.8 Å². The van der Waals surface area contributed by atoms with Gasteiger partial charge >= 0.3 is 0 Å². The molecule has 3 aromatic rings. The van der Waals surface area contributed by atoms with Crippen molar-refractivity contribution in [3.05, 3.63) is 47.1 Å². The van der Waals surface area contributed by atoms with Gasteiger partial charge in [-0.2, -0.15) is 5.26 Å². The summed E-state index contributed by atoms with van der Waals surface area (Å²) in [6, 6.07) is 9.68. The van der Waals surface area contributed by atoms with E-state index in [9.17, 15) is 0 Å². The van der Waals surface area contributed by atoms with E-state index >= 15 is 0 Å². The van der Waals surface area contributed by atoms with Crippen LogP contribution in [0, 0.1) is 11.3 Å². The predicted molar refractivity (Wildman–Crippen MR) is 72.6 cm³/mol. The summed E-state index contributed by atoms with van der Waals surface area (Å²) in [4.78, 5) is 5.89. The van der Waals surface area contributed by atoms with Crippen LogP contribution in [0.15, 0.2) is 35.8 Å². The summed E-state index contributed by atoms with van der Waals surface area (Å²) >= 11 is 1.71. The number of hydrogen-bond acceptors (Lipinski definition) is 3. The smallest absolute Gasteiger partial charge is 0.145 e. The molecular weight excluding hydrogens is 242 g/mol. The predicted octanol–water partition coefficient (Wildman–Crippen LogP) is 3.50. The lowest BCUT2D eigenvalue weighted by Crippen LogP contribution is -1.86. The van der Waals surface area contributed by atoms with Crippen LogP contribution in [0.25, 0.3) is 16.2 Å². The number of nitrogens with zero attached hydrogens (tertiary/aromatic N) is 3.